The van der Waals surface area contributed by atoms with E-state index in [1.807, 2.05) is 23.5 Å². The van der Waals surface area contributed by atoms with Crippen LogP contribution in [-0.2, 0) is 17.9 Å². The Bertz CT molecular complexity index is 842. The molecule has 1 spiro atoms. The number of hydrogen-bond acceptors (Lipinski definition) is 5. The second-order valence-electron chi connectivity index (χ2n) is 8.38. The number of carboxylic acids is 1. The minimum Gasteiger partial charge on any atom is -0.508 e. The van der Waals surface area contributed by atoms with E-state index in [-0.39, 0.29) is 17.1 Å². The highest BCUT2D eigenvalue weighted by molar-refractivity contribution is 7.11. The van der Waals surface area contributed by atoms with Gasteiger partial charge in [0.1, 0.15) is 5.75 Å². The summed E-state index contributed by atoms with van der Waals surface area (Å²) in [5, 5.41) is 19.6. The Morgan fingerprint density at radius 1 is 1.18 bits per heavy atom. The van der Waals surface area contributed by atoms with Crippen LogP contribution in [0.15, 0.2) is 36.4 Å². The fraction of sp³-hybridized carbons (Fsp3) is 0.500. The van der Waals surface area contributed by atoms with Crippen LogP contribution in [0.4, 0.5) is 0 Å². The number of thiophene rings is 1. The van der Waals surface area contributed by atoms with Gasteiger partial charge in [-0.15, -0.1) is 11.3 Å². The van der Waals surface area contributed by atoms with Crippen LogP contribution in [0.25, 0.3) is 0 Å². The van der Waals surface area contributed by atoms with Gasteiger partial charge in [-0.3, -0.25) is 14.6 Å². The summed E-state index contributed by atoms with van der Waals surface area (Å²) >= 11 is 1.85. The summed E-state index contributed by atoms with van der Waals surface area (Å²) in [5.41, 5.74) is 0.900. The van der Waals surface area contributed by atoms with Gasteiger partial charge in [0.15, 0.2) is 0 Å². The van der Waals surface area contributed by atoms with Gasteiger partial charge in [-0.05, 0) is 62.7 Å². The van der Waals surface area contributed by atoms with Crippen LogP contribution in [0, 0.1) is 18.3 Å². The van der Waals surface area contributed by atoms with Crippen LogP contribution < -0.4 is 0 Å². The number of rotatable bonds is 5. The predicted molar refractivity (Wildman–Crippen MR) is 111 cm³/mol. The zero-order valence-corrected chi connectivity index (χ0v) is 17.1. The molecule has 0 aliphatic carbocycles. The molecular formula is C22H28N2O3S. The summed E-state index contributed by atoms with van der Waals surface area (Å²) in [6, 6.07) is 11.6. The van der Waals surface area contributed by atoms with Crippen LogP contribution >= 0.6 is 11.3 Å². The van der Waals surface area contributed by atoms with Gasteiger partial charge in [0.2, 0.25) is 0 Å². The minimum absolute atomic E-state index is 0.134. The molecule has 150 valence electrons. The Hall–Kier alpha value is -1.89. The third-order valence-electron chi connectivity index (χ3n) is 6.36. The first kappa shape index (κ1) is 19.4. The van der Waals surface area contributed by atoms with Gasteiger partial charge >= 0.3 is 5.97 Å². The Morgan fingerprint density at radius 3 is 2.61 bits per heavy atom. The molecule has 2 aliphatic rings. The van der Waals surface area contributed by atoms with Crippen molar-refractivity contribution in [1.29, 1.82) is 0 Å². The van der Waals surface area contributed by atoms with Crippen LogP contribution in [0.3, 0.4) is 0 Å². The molecule has 2 saturated heterocycles. The summed E-state index contributed by atoms with van der Waals surface area (Å²) in [6.45, 7) is 7.13. The quantitative estimate of drug-likeness (QED) is 0.803. The molecule has 1 unspecified atom stereocenters. The summed E-state index contributed by atoms with van der Waals surface area (Å²) < 4.78 is 0. The Balaban J connectivity index is 1.41. The molecule has 0 bridgehead atoms. The zero-order chi connectivity index (χ0) is 19.7. The van der Waals surface area contributed by atoms with Crippen molar-refractivity contribution in [1.82, 2.24) is 9.80 Å². The fourth-order valence-electron chi connectivity index (χ4n) is 4.90. The van der Waals surface area contributed by atoms with Crippen molar-refractivity contribution in [3.63, 3.8) is 0 Å². The molecule has 4 rings (SSSR count). The Kier molecular flexibility index (Phi) is 5.45. The number of piperidine rings is 1. The molecule has 0 saturated carbocycles. The number of nitrogens with zero attached hydrogens (tertiary/aromatic N) is 2. The molecule has 28 heavy (non-hydrogen) atoms. The van der Waals surface area contributed by atoms with Crippen molar-refractivity contribution in [3.05, 3.63) is 51.7 Å². The van der Waals surface area contributed by atoms with Crippen molar-refractivity contribution >= 4 is 17.3 Å². The molecule has 0 amide bonds. The molecule has 2 fully saturated rings. The number of carboxylic acid groups (broad SMARTS) is 1. The number of aryl methyl sites for hydroxylation is 1. The molecule has 2 aliphatic heterocycles. The Labute approximate surface area is 170 Å². The average Bonchev–Trinajstić information content (AvgIpc) is 3.21. The van der Waals surface area contributed by atoms with Gasteiger partial charge in [0.25, 0.3) is 0 Å². The molecule has 5 nitrogen and oxygen atoms in total. The van der Waals surface area contributed by atoms with Crippen molar-refractivity contribution in [2.75, 3.05) is 26.2 Å². The van der Waals surface area contributed by atoms with E-state index in [1.165, 1.54) is 9.75 Å². The van der Waals surface area contributed by atoms with E-state index in [0.717, 1.165) is 44.6 Å². The van der Waals surface area contributed by atoms with E-state index in [0.29, 0.717) is 13.1 Å². The van der Waals surface area contributed by atoms with Gasteiger partial charge in [-0.2, -0.15) is 0 Å². The summed E-state index contributed by atoms with van der Waals surface area (Å²) in [4.78, 5) is 19.5. The van der Waals surface area contributed by atoms with E-state index in [9.17, 15) is 15.0 Å². The van der Waals surface area contributed by atoms with Crippen LogP contribution in [0.1, 0.15) is 28.2 Å². The van der Waals surface area contributed by atoms with Crippen LogP contribution in [-0.4, -0.2) is 52.2 Å². The molecule has 1 aromatic heterocycles. The molecular weight excluding hydrogens is 372 g/mol. The monoisotopic (exact) mass is 400 g/mol. The van der Waals surface area contributed by atoms with Gasteiger partial charge < -0.3 is 10.2 Å². The lowest BCUT2D eigenvalue weighted by Gasteiger charge is -2.41. The fourth-order valence-corrected chi connectivity index (χ4v) is 5.83. The number of likely N-dealkylation sites (tertiary alicyclic amines) is 2. The molecule has 0 radical (unpaired) electrons. The number of carbonyl (C=O) groups is 1. The topological polar surface area (TPSA) is 64.0 Å². The normalized spacial score (nSPS) is 22.7. The molecule has 6 heteroatoms. The van der Waals surface area contributed by atoms with Gasteiger partial charge in [-0.1, -0.05) is 12.1 Å². The maximum atomic E-state index is 12.0. The third kappa shape index (κ3) is 4.09. The number of phenolic OH excluding ortho intramolecular Hbond substituents is 1. The minimum atomic E-state index is -0.666. The van der Waals surface area contributed by atoms with E-state index >= 15 is 0 Å². The second-order valence-corrected chi connectivity index (χ2v) is 9.75. The number of benzene rings is 1. The highest BCUT2D eigenvalue weighted by Gasteiger charge is 2.51. The lowest BCUT2D eigenvalue weighted by molar-refractivity contribution is -0.146. The molecule has 1 aromatic carbocycles. The Morgan fingerprint density at radius 2 is 1.96 bits per heavy atom. The maximum absolute atomic E-state index is 12.0. The lowest BCUT2D eigenvalue weighted by atomic mass is 9.71. The van der Waals surface area contributed by atoms with Gasteiger partial charge in [0, 0.05) is 41.3 Å². The van der Waals surface area contributed by atoms with E-state index < -0.39 is 5.97 Å². The van der Waals surface area contributed by atoms with E-state index in [1.54, 1.807) is 12.1 Å². The van der Waals surface area contributed by atoms with Crippen LogP contribution in [0.2, 0.25) is 0 Å². The second kappa shape index (κ2) is 7.85. The number of aliphatic carboxylic acids is 1. The summed E-state index contributed by atoms with van der Waals surface area (Å²) in [5.74, 6) is -0.713. The smallest absolute Gasteiger partial charge is 0.308 e. The first-order valence-corrected chi connectivity index (χ1v) is 10.8. The third-order valence-corrected chi connectivity index (χ3v) is 7.35. The van der Waals surface area contributed by atoms with E-state index in [4.69, 9.17) is 0 Å². The van der Waals surface area contributed by atoms with Crippen molar-refractivity contribution in [3.8, 4) is 5.75 Å². The average molecular weight is 401 g/mol. The maximum Gasteiger partial charge on any atom is 0.308 e. The van der Waals surface area contributed by atoms with Gasteiger partial charge in [0.05, 0.1) is 5.92 Å². The first-order valence-electron chi connectivity index (χ1n) is 9.94. The molecule has 3 heterocycles. The standard InChI is InChI=1S/C22H28N2O3S/c1-16-5-6-19(28-16)13-23-9-7-22(8-10-23)15-24(14-20(22)21(26)27)12-17-3-2-4-18(25)11-17/h2-6,11,20,25H,7-10,12-15H2,1H3,(H,26,27). The SMILES string of the molecule is Cc1ccc(CN2CCC3(CC2)CN(Cc2cccc(O)c2)CC3C(=O)O)s1. The highest BCUT2D eigenvalue weighted by atomic mass is 32.1. The highest BCUT2D eigenvalue weighted by Crippen LogP contribution is 2.45. The first-order chi connectivity index (χ1) is 13.4. The predicted octanol–water partition coefficient (Wildman–Crippen LogP) is 3.56. The molecule has 2 N–H and O–H groups in total. The molecule has 2 aromatic rings. The number of hydrogen-bond donors (Lipinski definition) is 2. The van der Waals surface area contributed by atoms with Crippen molar-refractivity contribution in [2.45, 2.75) is 32.9 Å². The van der Waals surface area contributed by atoms with Crippen molar-refractivity contribution < 1.29 is 15.0 Å². The summed E-state index contributed by atoms with van der Waals surface area (Å²) in [7, 11) is 0. The largest absolute Gasteiger partial charge is 0.508 e. The van der Waals surface area contributed by atoms with Crippen LogP contribution in [0.5, 0.6) is 5.75 Å². The van der Waals surface area contributed by atoms with E-state index in [2.05, 4.69) is 28.9 Å². The zero-order valence-electron chi connectivity index (χ0n) is 16.3. The summed E-state index contributed by atoms with van der Waals surface area (Å²) in [6.07, 6.45) is 1.87. The van der Waals surface area contributed by atoms with Gasteiger partial charge in [-0.25, -0.2) is 0 Å². The number of phenols is 1. The van der Waals surface area contributed by atoms with Crippen molar-refractivity contribution in [2.24, 2.45) is 11.3 Å². The lowest BCUT2D eigenvalue weighted by Crippen LogP contribution is -2.45. The molecule has 1 atom stereocenters. The number of aromatic hydroxyl groups is 1.